The molecule has 0 saturated carbocycles. The number of aryl methyl sites for hydroxylation is 2. The third kappa shape index (κ3) is 4.22. The average molecular weight is 454 g/mol. The molecule has 9 heteroatoms. The van der Waals surface area contributed by atoms with E-state index in [0.717, 1.165) is 42.7 Å². The highest BCUT2D eigenvalue weighted by molar-refractivity contribution is 6.04. The minimum atomic E-state index is -0.401. The van der Waals surface area contributed by atoms with E-state index < -0.39 is 6.03 Å². The Bertz CT molecular complexity index is 1220. The summed E-state index contributed by atoms with van der Waals surface area (Å²) < 4.78 is 14.2. The molecule has 1 saturated heterocycles. The lowest BCUT2D eigenvalue weighted by atomic mass is 10.2. The standard InChI is InChI=1S/C24H31N5O4/c1-5-28-20-14-17(25-23(30)26-18-13-16(32-3)9-10-22(18)33-4)19(27-11-7-8-12-27)15-21(20)29(6-2)24(28)31/h9-10,13-15H,5-8,11-12H2,1-4H3,(H2,25,26,30). The van der Waals surface area contributed by atoms with Gasteiger partial charge in [0.25, 0.3) is 0 Å². The normalized spacial score (nSPS) is 13.4. The van der Waals surface area contributed by atoms with Crippen LogP contribution in [-0.2, 0) is 13.1 Å². The first-order chi connectivity index (χ1) is 16.0. The van der Waals surface area contributed by atoms with Crippen LogP contribution in [0.1, 0.15) is 26.7 Å². The van der Waals surface area contributed by atoms with E-state index in [1.165, 1.54) is 0 Å². The molecule has 0 spiro atoms. The summed E-state index contributed by atoms with van der Waals surface area (Å²) in [6.45, 7) is 6.89. The van der Waals surface area contributed by atoms with Crippen molar-refractivity contribution in [3.8, 4) is 11.5 Å². The Morgan fingerprint density at radius 1 is 0.909 bits per heavy atom. The first-order valence-electron chi connectivity index (χ1n) is 11.3. The van der Waals surface area contributed by atoms with E-state index >= 15 is 0 Å². The lowest BCUT2D eigenvalue weighted by Crippen LogP contribution is -2.24. The van der Waals surface area contributed by atoms with Crippen molar-refractivity contribution in [2.24, 2.45) is 0 Å². The number of urea groups is 1. The van der Waals surface area contributed by atoms with Crippen LogP contribution in [0, 0.1) is 0 Å². The van der Waals surface area contributed by atoms with Gasteiger partial charge < -0.3 is 25.0 Å². The summed E-state index contributed by atoms with van der Waals surface area (Å²) >= 11 is 0. The maximum Gasteiger partial charge on any atom is 0.329 e. The number of aromatic nitrogens is 2. The third-order valence-corrected chi connectivity index (χ3v) is 6.12. The molecular weight excluding hydrogens is 422 g/mol. The van der Waals surface area contributed by atoms with Gasteiger partial charge in [-0.15, -0.1) is 0 Å². The molecule has 2 aromatic carbocycles. The van der Waals surface area contributed by atoms with Gasteiger partial charge in [0.1, 0.15) is 11.5 Å². The SMILES string of the molecule is CCn1c(=O)n(CC)c2cc(N3CCCC3)c(NC(=O)Nc3cc(OC)ccc3OC)cc21. The molecular formula is C24H31N5O4. The molecule has 9 nitrogen and oxygen atoms in total. The first kappa shape index (κ1) is 22.6. The number of hydrogen-bond acceptors (Lipinski definition) is 5. The fraction of sp³-hybridized carbons (Fsp3) is 0.417. The van der Waals surface area contributed by atoms with Crippen LogP contribution >= 0.6 is 0 Å². The van der Waals surface area contributed by atoms with Crippen molar-refractivity contribution in [2.45, 2.75) is 39.8 Å². The third-order valence-electron chi connectivity index (χ3n) is 6.12. The van der Waals surface area contributed by atoms with E-state index in [9.17, 15) is 9.59 Å². The highest BCUT2D eigenvalue weighted by Crippen LogP contribution is 2.34. The number of fused-ring (bicyclic) bond motifs is 1. The zero-order valence-electron chi connectivity index (χ0n) is 19.6. The summed E-state index contributed by atoms with van der Waals surface area (Å²) in [4.78, 5) is 28.2. The number of carbonyl (C=O) groups is 1. The number of benzene rings is 2. The zero-order valence-corrected chi connectivity index (χ0v) is 19.6. The maximum atomic E-state index is 13.0. The lowest BCUT2D eigenvalue weighted by molar-refractivity contribution is 0.262. The van der Waals surface area contributed by atoms with E-state index in [4.69, 9.17) is 9.47 Å². The van der Waals surface area contributed by atoms with Crippen LogP contribution in [0.25, 0.3) is 11.0 Å². The van der Waals surface area contributed by atoms with Crippen LogP contribution in [0.4, 0.5) is 21.9 Å². The van der Waals surface area contributed by atoms with E-state index in [-0.39, 0.29) is 5.69 Å². The Kier molecular flexibility index (Phi) is 6.48. The summed E-state index contributed by atoms with van der Waals surface area (Å²) in [5.74, 6) is 1.14. The van der Waals surface area contributed by atoms with Gasteiger partial charge in [-0.25, -0.2) is 9.59 Å². The number of imidazole rings is 1. The van der Waals surface area contributed by atoms with Crippen molar-refractivity contribution >= 4 is 34.1 Å². The van der Waals surface area contributed by atoms with Crippen LogP contribution in [0.15, 0.2) is 35.1 Å². The largest absolute Gasteiger partial charge is 0.497 e. The van der Waals surface area contributed by atoms with Gasteiger partial charge in [-0.2, -0.15) is 0 Å². The topological polar surface area (TPSA) is 89.8 Å². The Labute approximate surface area is 192 Å². The minimum absolute atomic E-state index is 0.0370. The molecule has 2 N–H and O–H groups in total. The fourth-order valence-corrected chi connectivity index (χ4v) is 4.47. The molecule has 0 aliphatic carbocycles. The molecule has 3 aromatic rings. The Balaban J connectivity index is 1.74. The second kappa shape index (κ2) is 9.48. The zero-order chi connectivity index (χ0) is 23.5. The number of nitrogens with zero attached hydrogens (tertiary/aromatic N) is 3. The van der Waals surface area contributed by atoms with Gasteiger partial charge in [0.05, 0.1) is 42.3 Å². The number of amides is 2. The van der Waals surface area contributed by atoms with Crippen LogP contribution in [0.3, 0.4) is 0 Å². The van der Waals surface area contributed by atoms with Gasteiger partial charge in [-0.1, -0.05) is 0 Å². The van der Waals surface area contributed by atoms with Crippen LogP contribution in [-0.4, -0.2) is 42.5 Å². The quantitative estimate of drug-likeness (QED) is 0.562. The number of carbonyl (C=O) groups excluding carboxylic acids is 1. The van der Waals surface area contributed by atoms with Gasteiger partial charge in [0.2, 0.25) is 0 Å². The van der Waals surface area contributed by atoms with E-state index in [1.807, 2.05) is 26.0 Å². The summed E-state index contributed by atoms with van der Waals surface area (Å²) in [5.41, 5.74) is 3.74. The highest BCUT2D eigenvalue weighted by Gasteiger charge is 2.22. The van der Waals surface area contributed by atoms with Crippen molar-refractivity contribution in [1.82, 2.24) is 9.13 Å². The minimum Gasteiger partial charge on any atom is -0.497 e. The van der Waals surface area contributed by atoms with Crippen LogP contribution in [0.2, 0.25) is 0 Å². The molecule has 1 aromatic heterocycles. The van der Waals surface area contributed by atoms with Gasteiger partial charge in [-0.05, 0) is 51.0 Å². The molecule has 2 heterocycles. The van der Waals surface area contributed by atoms with Gasteiger partial charge in [0.15, 0.2) is 0 Å². The molecule has 1 fully saturated rings. The maximum absolute atomic E-state index is 13.0. The number of ether oxygens (including phenoxy) is 2. The predicted molar refractivity (Wildman–Crippen MR) is 131 cm³/mol. The molecule has 0 radical (unpaired) electrons. The highest BCUT2D eigenvalue weighted by atomic mass is 16.5. The van der Waals surface area contributed by atoms with Gasteiger partial charge in [-0.3, -0.25) is 9.13 Å². The molecule has 1 aliphatic heterocycles. The monoisotopic (exact) mass is 453 g/mol. The van der Waals surface area contributed by atoms with Crippen molar-refractivity contribution in [1.29, 1.82) is 0 Å². The van der Waals surface area contributed by atoms with Crippen molar-refractivity contribution in [3.63, 3.8) is 0 Å². The molecule has 0 atom stereocenters. The average Bonchev–Trinajstić information content (AvgIpc) is 3.43. The van der Waals surface area contributed by atoms with E-state index in [1.54, 1.807) is 41.6 Å². The van der Waals surface area contributed by atoms with Gasteiger partial charge >= 0.3 is 11.7 Å². The van der Waals surface area contributed by atoms with Crippen molar-refractivity contribution in [3.05, 3.63) is 40.8 Å². The number of rotatable bonds is 7. The molecule has 0 unspecified atom stereocenters. The lowest BCUT2D eigenvalue weighted by Gasteiger charge is -2.22. The molecule has 2 amide bonds. The summed E-state index contributed by atoms with van der Waals surface area (Å²) in [5, 5.41) is 5.86. The molecule has 1 aliphatic rings. The first-order valence-corrected chi connectivity index (χ1v) is 11.3. The molecule has 33 heavy (non-hydrogen) atoms. The Hall–Kier alpha value is -3.62. The number of hydrogen-bond donors (Lipinski definition) is 2. The van der Waals surface area contributed by atoms with Crippen LogP contribution in [0.5, 0.6) is 11.5 Å². The predicted octanol–water partition coefficient (Wildman–Crippen LogP) is 4.10. The van der Waals surface area contributed by atoms with E-state index in [0.29, 0.717) is 36.0 Å². The van der Waals surface area contributed by atoms with Crippen LogP contribution < -0.4 is 30.7 Å². The summed E-state index contributed by atoms with van der Waals surface area (Å²) in [7, 11) is 3.12. The van der Waals surface area contributed by atoms with E-state index in [2.05, 4.69) is 15.5 Å². The second-order valence-electron chi connectivity index (χ2n) is 7.97. The smallest absolute Gasteiger partial charge is 0.329 e. The van der Waals surface area contributed by atoms with Gasteiger partial charge in [0, 0.05) is 32.2 Å². The summed E-state index contributed by atoms with van der Waals surface area (Å²) in [6.07, 6.45) is 2.20. The number of methoxy groups -OCH3 is 2. The Morgan fingerprint density at radius 3 is 2.15 bits per heavy atom. The van der Waals surface area contributed by atoms with Crippen molar-refractivity contribution < 1.29 is 14.3 Å². The number of nitrogens with one attached hydrogen (secondary N) is 2. The summed E-state index contributed by atoms with van der Waals surface area (Å²) in [6, 6.07) is 8.75. The van der Waals surface area contributed by atoms with Crippen molar-refractivity contribution in [2.75, 3.05) is 42.8 Å². The number of anilines is 3. The molecule has 4 rings (SSSR count). The molecule has 0 bridgehead atoms. The fourth-order valence-electron chi connectivity index (χ4n) is 4.47. The molecule has 176 valence electrons. The Morgan fingerprint density at radius 2 is 1.55 bits per heavy atom. The second-order valence-corrected chi connectivity index (χ2v) is 7.97.